The summed E-state index contributed by atoms with van der Waals surface area (Å²) in [5, 5.41) is 4.24. The molecule has 0 aliphatic carbocycles. The average molecular weight is 466 g/mol. The number of ether oxygens (including phenoxy) is 1. The molecule has 5 nitrogen and oxygen atoms in total. The molecule has 3 aromatic carbocycles. The van der Waals surface area contributed by atoms with Crippen LogP contribution in [0.15, 0.2) is 85.2 Å². The molecule has 0 unspecified atom stereocenters. The minimum atomic E-state index is -0.314. The van der Waals surface area contributed by atoms with E-state index in [2.05, 4.69) is 10.3 Å². The van der Waals surface area contributed by atoms with E-state index < -0.39 is 0 Å². The third-order valence-corrected chi connectivity index (χ3v) is 5.55. The van der Waals surface area contributed by atoms with Crippen molar-refractivity contribution < 1.29 is 9.53 Å². The number of hydrogen-bond donors (Lipinski definition) is 1. The van der Waals surface area contributed by atoms with Crippen LogP contribution in [0.25, 0.3) is 11.4 Å². The molecule has 0 radical (unpaired) electrons. The quantitative estimate of drug-likeness (QED) is 0.306. The summed E-state index contributed by atoms with van der Waals surface area (Å²) >= 11 is 12.5. The van der Waals surface area contributed by atoms with E-state index in [-0.39, 0.29) is 19.0 Å². The Balaban J connectivity index is 1.37. The Bertz CT molecular complexity index is 1190. The van der Waals surface area contributed by atoms with Crippen molar-refractivity contribution in [3.05, 3.63) is 101 Å². The lowest BCUT2D eigenvalue weighted by Crippen LogP contribution is -2.14. The molecule has 0 saturated carbocycles. The van der Waals surface area contributed by atoms with Gasteiger partial charge in [-0.3, -0.25) is 4.79 Å². The molecule has 4 rings (SSSR count). The van der Waals surface area contributed by atoms with E-state index in [1.165, 1.54) is 0 Å². The van der Waals surface area contributed by atoms with Gasteiger partial charge in [-0.25, -0.2) is 4.98 Å². The van der Waals surface area contributed by atoms with Gasteiger partial charge in [0.15, 0.2) is 0 Å². The van der Waals surface area contributed by atoms with Crippen molar-refractivity contribution in [3.8, 4) is 11.4 Å². The summed E-state index contributed by atoms with van der Waals surface area (Å²) in [6.07, 6.45) is 3.75. The number of rotatable bonds is 8. The number of carbonyl (C=O) groups is 1. The van der Waals surface area contributed by atoms with Gasteiger partial charge in [0.1, 0.15) is 12.4 Å². The largest absolute Gasteiger partial charge is 0.464 e. The minimum Gasteiger partial charge on any atom is -0.464 e. The van der Waals surface area contributed by atoms with Crippen molar-refractivity contribution in [2.75, 3.05) is 11.9 Å². The van der Waals surface area contributed by atoms with Gasteiger partial charge < -0.3 is 14.6 Å². The number of aromatic nitrogens is 2. The molecule has 0 saturated heterocycles. The normalized spacial score (nSPS) is 10.7. The maximum Gasteiger partial charge on any atom is 0.310 e. The standard InChI is InChI=1S/C25H21Cl2N3O2/c26-20-10-6-11-21(27)24(20)29-22-12-5-4-9-19(22)17-23(31)32-16-15-30-14-13-28-25(30)18-7-2-1-3-8-18/h1-14,29H,15-17H2. The Morgan fingerprint density at radius 2 is 1.66 bits per heavy atom. The fourth-order valence-electron chi connectivity index (χ4n) is 3.35. The van der Waals surface area contributed by atoms with E-state index in [9.17, 15) is 4.79 Å². The SMILES string of the molecule is O=C(Cc1ccccc1Nc1c(Cl)cccc1Cl)OCCn1ccnc1-c1ccccc1. The average Bonchev–Trinajstić information content (AvgIpc) is 3.26. The summed E-state index contributed by atoms with van der Waals surface area (Å²) < 4.78 is 7.47. The Morgan fingerprint density at radius 1 is 0.938 bits per heavy atom. The van der Waals surface area contributed by atoms with E-state index in [0.717, 1.165) is 22.6 Å². The van der Waals surface area contributed by atoms with Crippen LogP contribution in [0.3, 0.4) is 0 Å². The number of nitrogens with zero attached hydrogens (tertiary/aromatic N) is 2. The smallest absolute Gasteiger partial charge is 0.310 e. The fraction of sp³-hybridized carbons (Fsp3) is 0.120. The van der Waals surface area contributed by atoms with Gasteiger partial charge in [0.25, 0.3) is 0 Å². The molecule has 0 fully saturated rings. The van der Waals surface area contributed by atoms with Crippen LogP contribution in [0.2, 0.25) is 10.0 Å². The minimum absolute atomic E-state index is 0.126. The Morgan fingerprint density at radius 3 is 2.44 bits per heavy atom. The summed E-state index contributed by atoms with van der Waals surface area (Å²) in [4.78, 5) is 16.9. The van der Waals surface area contributed by atoms with Gasteiger partial charge in [-0.15, -0.1) is 0 Å². The van der Waals surface area contributed by atoms with E-state index >= 15 is 0 Å². The van der Waals surface area contributed by atoms with Gasteiger partial charge >= 0.3 is 5.97 Å². The number of halogens is 2. The lowest BCUT2D eigenvalue weighted by Gasteiger charge is -2.14. The second-order valence-corrected chi connectivity index (χ2v) is 7.90. The van der Waals surface area contributed by atoms with E-state index in [0.29, 0.717) is 22.3 Å². The van der Waals surface area contributed by atoms with Gasteiger partial charge in [0, 0.05) is 23.6 Å². The molecule has 0 bridgehead atoms. The molecular formula is C25H21Cl2N3O2. The summed E-state index contributed by atoms with van der Waals surface area (Å²) in [5.74, 6) is 0.527. The molecule has 162 valence electrons. The molecule has 32 heavy (non-hydrogen) atoms. The van der Waals surface area contributed by atoms with Gasteiger partial charge in [-0.1, -0.05) is 77.8 Å². The van der Waals surface area contributed by atoms with Crippen LogP contribution in [-0.4, -0.2) is 22.1 Å². The van der Waals surface area contributed by atoms with E-state index in [1.807, 2.05) is 65.4 Å². The van der Waals surface area contributed by atoms with Gasteiger partial charge in [0.05, 0.1) is 28.7 Å². The van der Waals surface area contributed by atoms with Crippen LogP contribution in [0.5, 0.6) is 0 Å². The molecule has 1 N–H and O–H groups in total. The highest BCUT2D eigenvalue weighted by Crippen LogP contribution is 2.33. The monoisotopic (exact) mass is 465 g/mol. The third kappa shape index (κ3) is 5.31. The van der Waals surface area contributed by atoms with Gasteiger partial charge in [-0.05, 0) is 23.8 Å². The maximum atomic E-state index is 12.5. The first-order valence-corrected chi connectivity index (χ1v) is 10.9. The zero-order valence-electron chi connectivity index (χ0n) is 17.2. The fourth-order valence-corrected chi connectivity index (χ4v) is 3.84. The first kappa shape index (κ1) is 21.9. The number of anilines is 2. The molecule has 4 aromatic rings. The molecule has 0 amide bonds. The summed E-state index contributed by atoms with van der Waals surface area (Å²) in [5.41, 5.74) is 3.16. The van der Waals surface area contributed by atoms with Crippen LogP contribution in [0.1, 0.15) is 5.56 Å². The van der Waals surface area contributed by atoms with Crippen molar-refractivity contribution in [1.82, 2.24) is 9.55 Å². The van der Waals surface area contributed by atoms with Crippen molar-refractivity contribution >= 4 is 40.5 Å². The Hall–Kier alpha value is -3.28. The van der Waals surface area contributed by atoms with Crippen LogP contribution >= 0.6 is 23.2 Å². The first-order chi connectivity index (χ1) is 15.6. The molecule has 1 heterocycles. The predicted octanol–water partition coefficient (Wildman–Crippen LogP) is 6.39. The van der Waals surface area contributed by atoms with E-state index in [4.69, 9.17) is 27.9 Å². The summed E-state index contributed by atoms with van der Waals surface area (Å²) in [6.45, 7) is 0.770. The molecule has 1 aromatic heterocycles. The Labute approximate surface area is 196 Å². The number of imidazole rings is 1. The number of nitrogens with one attached hydrogen (secondary N) is 1. The molecule has 0 spiro atoms. The zero-order chi connectivity index (χ0) is 22.3. The lowest BCUT2D eigenvalue weighted by molar-refractivity contribution is -0.143. The predicted molar refractivity (Wildman–Crippen MR) is 129 cm³/mol. The lowest BCUT2D eigenvalue weighted by atomic mass is 10.1. The number of benzene rings is 3. The van der Waals surface area contributed by atoms with Crippen LogP contribution in [0.4, 0.5) is 11.4 Å². The first-order valence-electron chi connectivity index (χ1n) is 10.1. The second-order valence-electron chi connectivity index (χ2n) is 7.09. The summed E-state index contributed by atoms with van der Waals surface area (Å²) in [7, 11) is 0. The third-order valence-electron chi connectivity index (χ3n) is 4.92. The van der Waals surface area contributed by atoms with Gasteiger partial charge in [-0.2, -0.15) is 0 Å². The highest BCUT2D eigenvalue weighted by molar-refractivity contribution is 6.39. The highest BCUT2D eigenvalue weighted by Gasteiger charge is 2.13. The maximum absolute atomic E-state index is 12.5. The van der Waals surface area contributed by atoms with E-state index in [1.54, 1.807) is 24.4 Å². The van der Waals surface area contributed by atoms with Crippen molar-refractivity contribution in [1.29, 1.82) is 0 Å². The number of hydrogen-bond acceptors (Lipinski definition) is 4. The number of esters is 1. The molecule has 0 atom stereocenters. The zero-order valence-corrected chi connectivity index (χ0v) is 18.7. The topological polar surface area (TPSA) is 56.1 Å². The molecule has 0 aliphatic rings. The highest BCUT2D eigenvalue weighted by atomic mass is 35.5. The number of para-hydroxylation sites is 2. The van der Waals surface area contributed by atoms with Crippen LogP contribution in [0, 0.1) is 0 Å². The molecular weight excluding hydrogens is 445 g/mol. The van der Waals surface area contributed by atoms with Gasteiger partial charge in [0.2, 0.25) is 0 Å². The van der Waals surface area contributed by atoms with Crippen LogP contribution in [-0.2, 0) is 22.5 Å². The number of carbonyl (C=O) groups excluding carboxylic acids is 1. The van der Waals surface area contributed by atoms with Crippen molar-refractivity contribution in [2.24, 2.45) is 0 Å². The Kier molecular flexibility index (Phi) is 7.10. The van der Waals surface area contributed by atoms with Crippen molar-refractivity contribution in [3.63, 3.8) is 0 Å². The van der Waals surface area contributed by atoms with Crippen LogP contribution < -0.4 is 5.32 Å². The summed E-state index contributed by atoms with van der Waals surface area (Å²) in [6, 6.07) is 22.7. The molecule has 7 heteroatoms. The molecule has 0 aliphatic heterocycles. The second kappa shape index (κ2) is 10.4. The van der Waals surface area contributed by atoms with Crippen molar-refractivity contribution in [2.45, 2.75) is 13.0 Å².